The third kappa shape index (κ3) is 4.06. The molecule has 0 aliphatic heterocycles. The molecule has 127 valence electrons. The van der Waals surface area contributed by atoms with Crippen LogP contribution in [0.25, 0.3) is 11.3 Å². The van der Waals surface area contributed by atoms with Gasteiger partial charge in [-0.15, -0.1) is 11.8 Å². The molecule has 0 unspecified atom stereocenters. The highest BCUT2D eigenvalue weighted by Gasteiger charge is 2.14. The number of thioether (sulfide) groups is 1. The standard InChI is InChI=1S/C20H17O4S/c1-13-11-15(7-8-16(13)21)18-12-17(22)19(20(23)24-18)25-10-9-14-5-3-2-4-6-14/h2-8,11-12,22H,9-10H2,1H3. The topological polar surface area (TPSA) is 70.3 Å². The molecule has 0 fully saturated rings. The summed E-state index contributed by atoms with van der Waals surface area (Å²) in [5.74, 6) is 0.723. The Balaban J connectivity index is 1.78. The van der Waals surface area contributed by atoms with Gasteiger partial charge >= 0.3 is 5.63 Å². The maximum atomic E-state index is 12.2. The molecule has 1 N–H and O–H groups in total. The average molecular weight is 353 g/mol. The van der Waals surface area contributed by atoms with Crippen LogP contribution in [0.1, 0.15) is 11.1 Å². The SMILES string of the molecule is Cc1cc(-c2cc(O)c(SCCc3ccccc3)c(=O)o2)ccc1[O]. The van der Waals surface area contributed by atoms with E-state index >= 15 is 0 Å². The first kappa shape index (κ1) is 17.2. The summed E-state index contributed by atoms with van der Waals surface area (Å²) < 4.78 is 5.33. The zero-order valence-electron chi connectivity index (χ0n) is 13.7. The van der Waals surface area contributed by atoms with E-state index in [1.165, 1.54) is 29.5 Å². The van der Waals surface area contributed by atoms with Crippen LogP contribution in [0.3, 0.4) is 0 Å². The molecule has 0 aliphatic rings. The summed E-state index contributed by atoms with van der Waals surface area (Å²) in [4.78, 5) is 12.4. The van der Waals surface area contributed by atoms with Gasteiger partial charge in [-0.2, -0.15) is 0 Å². The van der Waals surface area contributed by atoms with Gasteiger partial charge in [0.2, 0.25) is 0 Å². The third-order valence-corrected chi connectivity index (χ3v) is 4.90. The molecule has 0 amide bonds. The number of aromatic hydroxyl groups is 1. The molecule has 2 aromatic carbocycles. The van der Waals surface area contributed by atoms with Gasteiger partial charge in [0.1, 0.15) is 16.4 Å². The lowest BCUT2D eigenvalue weighted by atomic mass is 10.1. The Morgan fingerprint density at radius 3 is 2.52 bits per heavy atom. The normalized spacial score (nSPS) is 10.8. The van der Waals surface area contributed by atoms with E-state index in [0.29, 0.717) is 16.9 Å². The quantitative estimate of drug-likeness (QED) is 0.669. The van der Waals surface area contributed by atoms with Gasteiger partial charge in [0.15, 0.2) is 5.75 Å². The van der Waals surface area contributed by atoms with E-state index in [-0.39, 0.29) is 22.2 Å². The minimum Gasteiger partial charge on any atom is -0.506 e. The van der Waals surface area contributed by atoms with Crippen LogP contribution in [0.4, 0.5) is 0 Å². The van der Waals surface area contributed by atoms with Crippen molar-refractivity contribution in [3.05, 3.63) is 76.1 Å². The molecule has 0 bridgehead atoms. The highest BCUT2D eigenvalue weighted by Crippen LogP contribution is 2.31. The zero-order chi connectivity index (χ0) is 17.8. The van der Waals surface area contributed by atoms with Crippen LogP contribution in [0.2, 0.25) is 0 Å². The molecule has 0 spiro atoms. The maximum Gasteiger partial charge on any atom is 0.353 e. The number of hydrogen-bond acceptors (Lipinski definition) is 4. The van der Waals surface area contributed by atoms with Crippen LogP contribution in [0, 0.1) is 6.92 Å². The van der Waals surface area contributed by atoms with E-state index < -0.39 is 5.63 Å². The summed E-state index contributed by atoms with van der Waals surface area (Å²) in [6.07, 6.45) is 0.788. The van der Waals surface area contributed by atoms with Crippen molar-refractivity contribution in [1.82, 2.24) is 0 Å². The highest BCUT2D eigenvalue weighted by atomic mass is 32.2. The van der Waals surface area contributed by atoms with Gasteiger partial charge in [0.25, 0.3) is 0 Å². The first-order valence-electron chi connectivity index (χ1n) is 7.86. The van der Waals surface area contributed by atoms with Crippen molar-refractivity contribution < 1.29 is 14.6 Å². The van der Waals surface area contributed by atoms with Crippen molar-refractivity contribution in [2.24, 2.45) is 0 Å². The molecule has 0 atom stereocenters. The smallest absolute Gasteiger partial charge is 0.353 e. The molecule has 4 nitrogen and oxygen atoms in total. The largest absolute Gasteiger partial charge is 0.506 e. The molecule has 1 aromatic heterocycles. The molecule has 0 saturated carbocycles. The van der Waals surface area contributed by atoms with Crippen LogP contribution in [0.5, 0.6) is 11.5 Å². The predicted octanol–water partition coefficient (Wildman–Crippen LogP) is 4.80. The van der Waals surface area contributed by atoms with Crippen LogP contribution in [-0.4, -0.2) is 10.9 Å². The Hall–Kier alpha value is -2.66. The van der Waals surface area contributed by atoms with E-state index in [2.05, 4.69) is 0 Å². The van der Waals surface area contributed by atoms with Crippen molar-refractivity contribution >= 4 is 11.8 Å². The van der Waals surface area contributed by atoms with Gasteiger partial charge in [0, 0.05) is 17.4 Å². The highest BCUT2D eigenvalue weighted by molar-refractivity contribution is 7.99. The molecule has 0 aliphatic carbocycles. The maximum absolute atomic E-state index is 12.2. The molecule has 5 heteroatoms. The molecule has 25 heavy (non-hydrogen) atoms. The Morgan fingerprint density at radius 2 is 1.84 bits per heavy atom. The Labute approximate surface area is 149 Å². The van der Waals surface area contributed by atoms with Gasteiger partial charge in [-0.3, -0.25) is 5.11 Å². The summed E-state index contributed by atoms with van der Waals surface area (Å²) in [6, 6.07) is 16.0. The second kappa shape index (κ2) is 7.49. The minimum atomic E-state index is -0.572. The first-order chi connectivity index (χ1) is 12.0. The van der Waals surface area contributed by atoms with Crippen molar-refractivity contribution in [2.75, 3.05) is 5.75 Å². The second-order valence-corrected chi connectivity index (χ2v) is 6.78. The summed E-state index contributed by atoms with van der Waals surface area (Å²) in [6.45, 7) is 1.69. The zero-order valence-corrected chi connectivity index (χ0v) is 14.5. The monoisotopic (exact) mass is 353 g/mol. The van der Waals surface area contributed by atoms with Crippen LogP contribution in [0.15, 0.2) is 68.7 Å². The Bertz CT molecular complexity index is 932. The Morgan fingerprint density at radius 1 is 1.08 bits per heavy atom. The van der Waals surface area contributed by atoms with Gasteiger partial charge in [-0.1, -0.05) is 30.3 Å². The van der Waals surface area contributed by atoms with E-state index in [1.807, 2.05) is 30.3 Å². The van der Waals surface area contributed by atoms with E-state index in [1.54, 1.807) is 19.1 Å². The second-order valence-electron chi connectivity index (χ2n) is 5.68. The third-order valence-electron chi connectivity index (χ3n) is 3.83. The number of aryl methyl sites for hydroxylation is 2. The molecule has 1 heterocycles. The fraction of sp³-hybridized carbons (Fsp3) is 0.150. The lowest BCUT2D eigenvalue weighted by Gasteiger charge is -2.07. The number of rotatable bonds is 5. The molecule has 3 aromatic rings. The number of hydrogen-bond donors (Lipinski definition) is 1. The van der Waals surface area contributed by atoms with Crippen LogP contribution in [-0.2, 0) is 11.5 Å². The van der Waals surface area contributed by atoms with Crippen molar-refractivity contribution in [3.63, 3.8) is 0 Å². The van der Waals surface area contributed by atoms with E-state index in [0.717, 1.165) is 6.42 Å². The fourth-order valence-electron chi connectivity index (χ4n) is 2.46. The average Bonchev–Trinajstić information content (AvgIpc) is 2.60. The summed E-state index contributed by atoms with van der Waals surface area (Å²) >= 11 is 1.27. The lowest BCUT2D eigenvalue weighted by molar-refractivity contribution is 0.352. The lowest BCUT2D eigenvalue weighted by Crippen LogP contribution is -2.04. The summed E-state index contributed by atoms with van der Waals surface area (Å²) in [7, 11) is 0. The van der Waals surface area contributed by atoms with Gasteiger partial charge in [-0.25, -0.2) is 4.79 Å². The van der Waals surface area contributed by atoms with E-state index in [4.69, 9.17) is 4.42 Å². The predicted molar refractivity (Wildman–Crippen MR) is 97.8 cm³/mol. The van der Waals surface area contributed by atoms with Gasteiger partial charge in [0.05, 0.1) is 0 Å². The van der Waals surface area contributed by atoms with Gasteiger partial charge in [-0.05, 0) is 42.7 Å². The molecular weight excluding hydrogens is 336 g/mol. The summed E-state index contributed by atoms with van der Waals surface area (Å²) in [5.41, 5.74) is 1.74. The number of benzene rings is 2. The fourth-order valence-corrected chi connectivity index (χ4v) is 3.37. The van der Waals surface area contributed by atoms with E-state index in [9.17, 15) is 15.0 Å². The molecular formula is C20H17O4S. The molecule has 0 saturated heterocycles. The first-order valence-corrected chi connectivity index (χ1v) is 8.85. The Kier molecular flexibility index (Phi) is 5.14. The van der Waals surface area contributed by atoms with Crippen molar-refractivity contribution in [3.8, 4) is 22.8 Å². The van der Waals surface area contributed by atoms with Crippen LogP contribution >= 0.6 is 11.8 Å². The molecule has 1 radical (unpaired) electrons. The molecule has 3 rings (SSSR count). The van der Waals surface area contributed by atoms with Crippen molar-refractivity contribution in [2.45, 2.75) is 18.2 Å². The van der Waals surface area contributed by atoms with Crippen molar-refractivity contribution in [1.29, 1.82) is 0 Å². The summed E-state index contributed by atoms with van der Waals surface area (Å²) in [5, 5.41) is 21.7. The van der Waals surface area contributed by atoms with Gasteiger partial charge < -0.3 is 9.52 Å². The van der Waals surface area contributed by atoms with Crippen LogP contribution < -0.4 is 5.63 Å². The minimum absolute atomic E-state index is 0.0802.